The molecule has 0 amide bonds. The van der Waals surface area contributed by atoms with E-state index in [1.165, 1.54) is 16.7 Å². The predicted octanol–water partition coefficient (Wildman–Crippen LogP) is 3.70. The molecule has 0 radical (unpaired) electrons. The Morgan fingerprint density at radius 2 is 1.86 bits per heavy atom. The first-order chi connectivity index (χ1) is 9.94. The Morgan fingerprint density at radius 1 is 1.19 bits per heavy atom. The summed E-state index contributed by atoms with van der Waals surface area (Å²) in [7, 11) is 2.02. The average Bonchev–Trinajstić information content (AvgIpc) is 2.92. The Balaban J connectivity index is 2.13. The molecule has 0 aliphatic rings. The quantitative estimate of drug-likeness (QED) is 0.907. The maximum absolute atomic E-state index is 4.35. The molecule has 1 N–H and O–H groups in total. The second kappa shape index (κ2) is 6.44. The third-order valence-corrected chi connectivity index (χ3v) is 3.98. The van der Waals surface area contributed by atoms with Crippen LogP contribution in [-0.2, 0) is 18.4 Å². The van der Waals surface area contributed by atoms with Gasteiger partial charge in [-0.1, -0.05) is 45.0 Å². The SMILES string of the molecule is CCn1cc(CC(NC)c2ccc(C(C)(C)C)cc2)cn1. The van der Waals surface area contributed by atoms with Gasteiger partial charge in [-0.2, -0.15) is 5.10 Å². The van der Waals surface area contributed by atoms with Gasteiger partial charge in [-0.25, -0.2) is 0 Å². The first-order valence-electron chi connectivity index (χ1n) is 7.73. The van der Waals surface area contributed by atoms with Crippen LogP contribution in [-0.4, -0.2) is 16.8 Å². The second-order valence-corrected chi connectivity index (χ2v) is 6.62. The molecular weight excluding hydrogens is 258 g/mol. The molecular formula is C18H27N3. The number of hydrogen-bond donors (Lipinski definition) is 1. The Labute approximate surface area is 128 Å². The van der Waals surface area contributed by atoms with Crippen LogP contribution in [0, 0.1) is 0 Å². The number of nitrogens with zero attached hydrogens (tertiary/aromatic N) is 2. The molecule has 0 aliphatic heterocycles. The molecule has 3 heteroatoms. The van der Waals surface area contributed by atoms with Gasteiger partial charge in [0.2, 0.25) is 0 Å². The summed E-state index contributed by atoms with van der Waals surface area (Å²) >= 11 is 0. The minimum Gasteiger partial charge on any atom is -0.313 e. The minimum absolute atomic E-state index is 0.204. The van der Waals surface area contributed by atoms with Gasteiger partial charge in [-0.3, -0.25) is 4.68 Å². The Morgan fingerprint density at radius 3 is 2.33 bits per heavy atom. The summed E-state index contributed by atoms with van der Waals surface area (Å²) in [6, 6.07) is 9.30. The van der Waals surface area contributed by atoms with Gasteiger partial charge in [0.15, 0.2) is 0 Å². The normalized spacial score (nSPS) is 13.4. The Bertz CT molecular complexity index is 561. The fourth-order valence-electron chi connectivity index (χ4n) is 2.52. The third kappa shape index (κ3) is 3.94. The molecule has 2 aromatic rings. The van der Waals surface area contributed by atoms with Crippen LogP contribution in [0.1, 0.15) is 50.4 Å². The topological polar surface area (TPSA) is 29.9 Å². The van der Waals surface area contributed by atoms with E-state index in [9.17, 15) is 0 Å². The fraction of sp³-hybridized carbons (Fsp3) is 0.500. The van der Waals surface area contributed by atoms with Gasteiger partial charge in [0.05, 0.1) is 6.20 Å². The molecule has 1 aromatic carbocycles. The molecule has 0 saturated heterocycles. The van der Waals surface area contributed by atoms with E-state index in [2.05, 4.69) is 68.6 Å². The van der Waals surface area contributed by atoms with Crippen molar-refractivity contribution >= 4 is 0 Å². The fourth-order valence-corrected chi connectivity index (χ4v) is 2.52. The molecule has 2 rings (SSSR count). The van der Waals surface area contributed by atoms with Crippen molar-refractivity contribution in [2.75, 3.05) is 7.05 Å². The summed E-state index contributed by atoms with van der Waals surface area (Å²) in [6.45, 7) is 9.77. The number of rotatable bonds is 5. The lowest BCUT2D eigenvalue weighted by Crippen LogP contribution is -2.19. The van der Waals surface area contributed by atoms with Gasteiger partial charge < -0.3 is 5.32 Å². The summed E-state index contributed by atoms with van der Waals surface area (Å²) in [5.41, 5.74) is 4.18. The van der Waals surface area contributed by atoms with Crippen LogP contribution < -0.4 is 5.32 Å². The molecule has 114 valence electrons. The van der Waals surface area contributed by atoms with Crippen molar-refractivity contribution in [2.45, 2.75) is 52.1 Å². The maximum Gasteiger partial charge on any atom is 0.0522 e. The van der Waals surface area contributed by atoms with Crippen LogP contribution in [0.2, 0.25) is 0 Å². The van der Waals surface area contributed by atoms with Crippen molar-refractivity contribution in [1.82, 2.24) is 15.1 Å². The van der Waals surface area contributed by atoms with Gasteiger partial charge in [-0.15, -0.1) is 0 Å². The van der Waals surface area contributed by atoms with E-state index in [4.69, 9.17) is 0 Å². The lowest BCUT2D eigenvalue weighted by atomic mass is 9.86. The van der Waals surface area contributed by atoms with E-state index in [1.807, 2.05) is 17.9 Å². The van der Waals surface area contributed by atoms with Crippen LogP contribution in [0.3, 0.4) is 0 Å². The molecule has 1 atom stereocenters. The van der Waals surface area contributed by atoms with E-state index in [-0.39, 0.29) is 5.41 Å². The number of nitrogens with one attached hydrogen (secondary N) is 1. The molecule has 0 spiro atoms. The van der Waals surface area contributed by atoms with E-state index < -0.39 is 0 Å². The number of aromatic nitrogens is 2. The molecule has 1 aromatic heterocycles. The minimum atomic E-state index is 0.204. The van der Waals surface area contributed by atoms with Crippen molar-refractivity contribution in [1.29, 1.82) is 0 Å². The van der Waals surface area contributed by atoms with Crippen molar-refractivity contribution < 1.29 is 0 Å². The first-order valence-corrected chi connectivity index (χ1v) is 7.73. The molecule has 21 heavy (non-hydrogen) atoms. The zero-order valence-corrected chi connectivity index (χ0v) is 13.9. The van der Waals surface area contributed by atoms with Crippen molar-refractivity contribution in [3.05, 3.63) is 53.3 Å². The summed E-state index contributed by atoms with van der Waals surface area (Å²) in [4.78, 5) is 0. The summed E-state index contributed by atoms with van der Waals surface area (Å²) in [5, 5.41) is 7.77. The van der Waals surface area contributed by atoms with E-state index in [0.29, 0.717) is 6.04 Å². The monoisotopic (exact) mass is 285 g/mol. The highest BCUT2D eigenvalue weighted by molar-refractivity contribution is 5.30. The lowest BCUT2D eigenvalue weighted by molar-refractivity contribution is 0.579. The number of aryl methyl sites for hydroxylation is 1. The number of hydrogen-bond acceptors (Lipinski definition) is 2. The van der Waals surface area contributed by atoms with Gasteiger partial charge in [0.1, 0.15) is 0 Å². The van der Waals surface area contributed by atoms with E-state index >= 15 is 0 Å². The molecule has 0 fully saturated rings. The Hall–Kier alpha value is -1.61. The first kappa shape index (κ1) is 15.8. The van der Waals surface area contributed by atoms with Crippen molar-refractivity contribution in [3.63, 3.8) is 0 Å². The van der Waals surface area contributed by atoms with Gasteiger partial charge >= 0.3 is 0 Å². The van der Waals surface area contributed by atoms with Crippen LogP contribution in [0.4, 0.5) is 0 Å². The molecule has 0 bridgehead atoms. The van der Waals surface area contributed by atoms with Gasteiger partial charge in [0.25, 0.3) is 0 Å². The molecule has 0 aliphatic carbocycles. The third-order valence-electron chi connectivity index (χ3n) is 3.98. The van der Waals surface area contributed by atoms with Crippen LogP contribution in [0.5, 0.6) is 0 Å². The summed E-state index contributed by atoms with van der Waals surface area (Å²) in [5.74, 6) is 0. The van der Waals surface area contributed by atoms with Gasteiger partial charge in [0, 0.05) is 18.8 Å². The summed E-state index contributed by atoms with van der Waals surface area (Å²) < 4.78 is 1.98. The second-order valence-electron chi connectivity index (χ2n) is 6.62. The van der Waals surface area contributed by atoms with E-state index in [0.717, 1.165) is 13.0 Å². The number of likely N-dealkylation sites (N-methyl/N-ethyl adjacent to an activating group) is 1. The molecule has 0 saturated carbocycles. The highest BCUT2D eigenvalue weighted by Gasteiger charge is 2.15. The highest BCUT2D eigenvalue weighted by atomic mass is 15.3. The van der Waals surface area contributed by atoms with Crippen LogP contribution >= 0.6 is 0 Å². The smallest absolute Gasteiger partial charge is 0.0522 e. The predicted molar refractivity (Wildman–Crippen MR) is 88.5 cm³/mol. The highest BCUT2D eigenvalue weighted by Crippen LogP contribution is 2.25. The standard InChI is InChI=1S/C18H27N3/c1-6-21-13-14(12-20-21)11-17(19-5)15-7-9-16(10-8-15)18(2,3)4/h7-10,12-13,17,19H,6,11H2,1-5H3. The molecule has 3 nitrogen and oxygen atoms in total. The zero-order chi connectivity index (χ0) is 15.5. The number of benzene rings is 1. The molecule has 1 unspecified atom stereocenters. The zero-order valence-electron chi connectivity index (χ0n) is 13.9. The van der Waals surface area contributed by atoms with Crippen LogP contribution in [0.25, 0.3) is 0 Å². The van der Waals surface area contributed by atoms with Crippen LogP contribution in [0.15, 0.2) is 36.7 Å². The van der Waals surface area contributed by atoms with E-state index in [1.54, 1.807) is 0 Å². The van der Waals surface area contributed by atoms with Crippen molar-refractivity contribution in [2.24, 2.45) is 0 Å². The maximum atomic E-state index is 4.35. The van der Waals surface area contributed by atoms with Crippen molar-refractivity contribution in [3.8, 4) is 0 Å². The lowest BCUT2D eigenvalue weighted by Gasteiger charge is -2.21. The largest absolute Gasteiger partial charge is 0.313 e. The average molecular weight is 285 g/mol. The summed E-state index contributed by atoms with van der Waals surface area (Å²) in [6.07, 6.45) is 5.07. The Kier molecular flexibility index (Phi) is 4.84. The van der Waals surface area contributed by atoms with Gasteiger partial charge in [-0.05, 0) is 42.5 Å². The molecule has 1 heterocycles.